The Morgan fingerprint density at radius 2 is 1.97 bits per heavy atom. The molecule has 1 aromatic heterocycles. The Labute approximate surface area is 175 Å². The Hall–Kier alpha value is -3.12. The van der Waals surface area contributed by atoms with E-state index in [-0.39, 0.29) is 12.0 Å². The summed E-state index contributed by atoms with van der Waals surface area (Å²) in [6.45, 7) is 5.63. The molecule has 0 radical (unpaired) electrons. The number of rotatable bonds is 4. The first-order chi connectivity index (χ1) is 14.7. The summed E-state index contributed by atoms with van der Waals surface area (Å²) in [4.78, 5) is 20.6. The van der Waals surface area contributed by atoms with E-state index in [1.807, 2.05) is 48.5 Å². The van der Waals surface area contributed by atoms with E-state index in [2.05, 4.69) is 17.1 Å². The van der Waals surface area contributed by atoms with E-state index in [1.165, 1.54) is 0 Å². The molecule has 5 rings (SSSR count). The molecule has 30 heavy (non-hydrogen) atoms. The van der Waals surface area contributed by atoms with Gasteiger partial charge >= 0.3 is 0 Å². The lowest BCUT2D eigenvalue weighted by atomic mass is 9.95. The van der Waals surface area contributed by atoms with Crippen molar-refractivity contribution in [3.05, 3.63) is 65.4 Å². The van der Waals surface area contributed by atoms with E-state index in [0.29, 0.717) is 18.9 Å². The van der Waals surface area contributed by atoms with Gasteiger partial charge in [0.05, 0.1) is 17.6 Å². The number of nitrogens with zero attached hydrogens (tertiary/aromatic N) is 2. The molecule has 1 N–H and O–H groups in total. The first-order valence-corrected chi connectivity index (χ1v) is 10.5. The van der Waals surface area contributed by atoms with Gasteiger partial charge in [-0.05, 0) is 24.7 Å². The Balaban J connectivity index is 1.41. The standard InChI is InChI=1S/C24H25N3O3/c1-2-27-12-11-20-18(14-27)23(17-7-3-4-8-19(17)26-20)24(28)25-13-16-15-29-21-9-5-6-10-22(21)30-16/h3-10,16H,2,11-15H2,1H3,(H,25,28)/t16-/m0/s1. The van der Waals surface area contributed by atoms with Crippen molar-refractivity contribution in [2.75, 3.05) is 26.2 Å². The van der Waals surface area contributed by atoms with E-state index >= 15 is 0 Å². The molecular formula is C24H25N3O3. The lowest BCUT2D eigenvalue weighted by Crippen LogP contribution is -2.41. The van der Waals surface area contributed by atoms with E-state index in [1.54, 1.807) is 0 Å². The zero-order valence-electron chi connectivity index (χ0n) is 17.1. The molecule has 0 aliphatic carbocycles. The zero-order valence-corrected chi connectivity index (χ0v) is 17.1. The number of likely N-dealkylation sites (N-methyl/N-ethyl adjacent to an activating group) is 1. The molecule has 6 nitrogen and oxygen atoms in total. The maximum Gasteiger partial charge on any atom is 0.252 e. The van der Waals surface area contributed by atoms with Crippen LogP contribution in [0.1, 0.15) is 28.5 Å². The second-order valence-corrected chi connectivity index (χ2v) is 7.76. The summed E-state index contributed by atoms with van der Waals surface area (Å²) in [5, 5.41) is 3.99. The van der Waals surface area contributed by atoms with Crippen LogP contribution in [0.25, 0.3) is 10.9 Å². The van der Waals surface area contributed by atoms with Crippen LogP contribution in [0.5, 0.6) is 11.5 Å². The third-order valence-corrected chi connectivity index (χ3v) is 5.86. The van der Waals surface area contributed by atoms with Crippen LogP contribution in [0.3, 0.4) is 0 Å². The van der Waals surface area contributed by atoms with Crippen molar-refractivity contribution in [1.82, 2.24) is 15.2 Å². The number of fused-ring (bicyclic) bond motifs is 3. The van der Waals surface area contributed by atoms with Crippen LogP contribution in [0.2, 0.25) is 0 Å². The van der Waals surface area contributed by atoms with Crippen LogP contribution in [0.4, 0.5) is 0 Å². The molecule has 0 saturated carbocycles. The largest absolute Gasteiger partial charge is 0.486 e. The number of carbonyl (C=O) groups is 1. The SMILES string of the molecule is CCN1CCc2nc3ccccc3c(C(=O)NC[C@H]3COc4ccccc4O3)c2C1. The Kier molecular flexibility index (Phi) is 5.01. The number of carbonyl (C=O) groups excluding carboxylic acids is 1. The summed E-state index contributed by atoms with van der Waals surface area (Å²) in [7, 11) is 0. The molecule has 2 aliphatic heterocycles. The molecule has 2 aromatic carbocycles. The van der Waals surface area contributed by atoms with Gasteiger partial charge in [-0.15, -0.1) is 0 Å². The summed E-state index contributed by atoms with van der Waals surface area (Å²) < 4.78 is 11.8. The van der Waals surface area contributed by atoms with E-state index in [0.717, 1.165) is 59.5 Å². The summed E-state index contributed by atoms with van der Waals surface area (Å²) in [6, 6.07) is 15.5. The number of para-hydroxylation sites is 3. The minimum absolute atomic E-state index is 0.0785. The molecule has 0 unspecified atom stereocenters. The number of pyridine rings is 1. The fraction of sp³-hybridized carbons (Fsp3) is 0.333. The topological polar surface area (TPSA) is 63.7 Å². The van der Waals surface area contributed by atoms with Crippen LogP contribution in [-0.4, -0.2) is 48.1 Å². The first kappa shape index (κ1) is 18.9. The molecule has 1 amide bonds. The number of aromatic nitrogens is 1. The van der Waals surface area contributed by atoms with Crippen molar-refractivity contribution in [1.29, 1.82) is 0 Å². The molecule has 2 aliphatic rings. The van der Waals surface area contributed by atoms with Crippen LogP contribution < -0.4 is 14.8 Å². The van der Waals surface area contributed by atoms with E-state index in [4.69, 9.17) is 14.5 Å². The van der Waals surface area contributed by atoms with Crippen LogP contribution in [0, 0.1) is 0 Å². The number of nitrogens with one attached hydrogen (secondary N) is 1. The third kappa shape index (κ3) is 3.48. The van der Waals surface area contributed by atoms with Crippen LogP contribution >= 0.6 is 0 Å². The average Bonchev–Trinajstić information content (AvgIpc) is 2.80. The number of hydrogen-bond acceptors (Lipinski definition) is 5. The van der Waals surface area contributed by atoms with Crippen molar-refractivity contribution in [2.24, 2.45) is 0 Å². The Morgan fingerprint density at radius 3 is 2.83 bits per heavy atom. The summed E-state index contributed by atoms with van der Waals surface area (Å²) in [5.74, 6) is 1.38. The van der Waals surface area contributed by atoms with Gasteiger partial charge in [0.1, 0.15) is 12.7 Å². The molecule has 0 saturated heterocycles. The highest BCUT2D eigenvalue weighted by Gasteiger charge is 2.27. The highest BCUT2D eigenvalue weighted by atomic mass is 16.6. The molecule has 6 heteroatoms. The van der Waals surface area contributed by atoms with Gasteiger partial charge in [0.15, 0.2) is 11.5 Å². The summed E-state index contributed by atoms with van der Waals surface area (Å²) in [5.41, 5.74) is 3.70. The summed E-state index contributed by atoms with van der Waals surface area (Å²) in [6.07, 6.45) is 0.643. The molecular weight excluding hydrogens is 378 g/mol. The molecule has 1 atom stereocenters. The highest BCUT2D eigenvalue weighted by Crippen LogP contribution is 2.31. The number of amides is 1. The molecule has 3 aromatic rings. The number of ether oxygens (including phenoxy) is 2. The predicted molar refractivity (Wildman–Crippen MR) is 115 cm³/mol. The van der Waals surface area contributed by atoms with Crippen LogP contribution in [-0.2, 0) is 13.0 Å². The minimum atomic E-state index is -0.222. The summed E-state index contributed by atoms with van der Waals surface area (Å²) >= 11 is 0. The van der Waals surface area contributed by atoms with Crippen molar-refractivity contribution in [3.63, 3.8) is 0 Å². The Morgan fingerprint density at radius 1 is 1.17 bits per heavy atom. The van der Waals surface area contributed by atoms with Gasteiger partial charge in [-0.2, -0.15) is 0 Å². The van der Waals surface area contributed by atoms with Gasteiger partial charge in [-0.3, -0.25) is 14.7 Å². The normalized spacial score (nSPS) is 18.1. The van der Waals surface area contributed by atoms with Crippen molar-refractivity contribution in [2.45, 2.75) is 26.0 Å². The van der Waals surface area contributed by atoms with E-state index in [9.17, 15) is 4.79 Å². The quantitative estimate of drug-likeness (QED) is 0.725. The van der Waals surface area contributed by atoms with Gasteiger partial charge in [-0.25, -0.2) is 0 Å². The Bertz CT molecular complexity index is 1100. The highest BCUT2D eigenvalue weighted by molar-refractivity contribution is 6.07. The zero-order chi connectivity index (χ0) is 20.5. The van der Waals surface area contributed by atoms with Crippen LogP contribution in [0.15, 0.2) is 48.5 Å². The maximum absolute atomic E-state index is 13.4. The molecule has 0 bridgehead atoms. The van der Waals surface area contributed by atoms with Gasteiger partial charge < -0.3 is 14.8 Å². The van der Waals surface area contributed by atoms with Crippen molar-refractivity contribution >= 4 is 16.8 Å². The number of hydrogen-bond donors (Lipinski definition) is 1. The van der Waals surface area contributed by atoms with Gasteiger partial charge in [-0.1, -0.05) is 37.3 Å². The van der Waals surface area contributed by atoms with E-state index < -0.39 is 0 Å². The fourth-order valence-electron chi connectivity index (χ4n) is 4.23. The molecule has 3 heterocycles. The van der Waals surface area contributed by atoms with Gasteiger partial charge in [0.25, 0.3) is 5.91 Å². The molecule has 0 fully saturated rings. The second-order valence-electron chi connectivity index (χ2n) is 7.76. The lowest BCUT2D eigenvalue weighted by Gasteiger charge is -2.29. The smallest absolute Gasteiger partial charge is 0.252 e. The first-order valence-electron chi connectivity index (χ1n) is 10.5. The minimum Gasteiger partial charge on any atom is -0.486 e. The molecule has 154 valence electrons. The third-order valence-electron chi connectivity index (χ3n) is 5.86. The van der Waals surface area contributed by atoms with Crippen molar-refractivity contribution < 1.29 is 14.3 Å². The molecule has 0 spiro atoms. The predicted octanol–water partition coefficient (Wildman–Crippen LogP) is 3.18. The monoisotopic (exact) mass is 403 g/mol. The van der Waals surface area contributed by atoms with Gasteiger partial charge in [0, 0.05) is 36.2 Å². The number of benzene rings is 2. The van der Waals surface area contributed by atoms with Gasteiger partial charge in [0.2, 0.25) is 0 Å². The average molecular weight is 403 g/mol. The maximum atomic E-state index is 13.4. The fourth-order valence-corrected chi connectivity index (χ4v) is 4.23. The second kappa shape index (κ2) is 7.95. The van der Waals surface area contributed by atoms with Crippen molar-refractivity contribution in [3.8, 4) is 11.5 Å². The lowest BCUT2D eigenvalue weighted by molar-refractivity contribution is 0.0788.